The molecule has 2 aromatic heterocycles. The third-order valence-corrected chi connectivity index (χ3v) is 5.98. The first-order valence-corrected chi connectivity index (χ1v) is 12.9. The fraction of sp³-hybridized carbons (Fsp3) is 0.318. The summed E-state index contributed by atoms with van der Waals surface area (Å²) in [6, 6.07) is 6.24. The van der Waals surface area contributed by atoms with Crippen molar-refractivity contribution in [1.29, 1.82) is 0 Å². The van der Waals surface area contributed by atoms with Crippen molar-refractivity contribution in [2.45, 2.75) is 19.9 Å². The number of nitrogens with one attached hydrogen (secondary N) is 1. The molecule has 5 N–H and O–H groups in total. The summed E-state index contributed by atoms with van der Waals surface area (Å²) >= 11 is 0. The smallest absolute Gasteiger partial charge is 0.323 e. The van der Waals surface area contributed by atoms with Crippen LogP contribution in [-0.2, 0) is 31.0 Å². The molecule has 0 fully saturated rings. The molecule has 2 heterocycles. The lowest BCUT2D eigenvalue weighted by atomic mass is 10.1. The van der Waals surface area contributed by atoms with Crippen LogP contribution < -0.4 is 10.2 Å². The summed E-state index contributed by atoms with van der Waals surface area (Å²) in [7, 11) is -4.27. The van der Waals surface area contributed by atoms with E-state index in [1.54, 1.807) is 19.1 Å². The number of rotatable bonds is 14. The Bertz CT molecular complexity index is 1520. The predicted molar refractivity (Wildman–Crippen MR) is 138 cm³/mol. The molecule has 0 saturated heterocycles. The van der Waals surface area contributed by atoms with E-state index in [1.807, 2.05) is 0 Å². The van der Waals surface area contributed by atoms with Crippen molar-refractivity contribution in [2.75, 3.05) is 35.6 Å². The van der Waals surface area contributed by atoms with Crippen molar-refractivity contribution < 1.29 is 42.7 Å². The SMILES string of the molecule is Cc1nn(CCC(=O)O)c(NCCS(=O)(=O)O)c1N=Nc1ccc(N(CC(=O)O)CC(=O)O)c2ncccc12. The predicted octanol–water partition coefficient (Wildman–Crippen LogP) is 1.91. The Balaban J connectivity index is 2.03. The van der Waals surface area contributed by atoms with Gasteiger partial charge in [-0.2, -0.15) is 13.5 Å². The number of carboxylic acid groups (broad SMARTS) is 3. The highest BCUT2D eigenvalue weighted by molar-refractivity contribution is 7.85. The van der Waals surface area contributed by atoms with E-state index in [2.05, 4.69) is 25.6 Å². The molecule has 3 aromatic rings. The van der Waals surface area contributed by atoms with Crippen LogP contribution in [0.4, 0.5) is 22.9 Å². The Labute approximate surface area is 221 Å². The average molecular weight is 564 g/mol. The van der Waals surface area contributed by atoms with Crippen LogP contribution in [0.25, 0.3) is 10.9 Å². The molecule has 208 valence electrons. The van der Waals surface area contributed by atoms with Crippen molar-refractivity contribution in [3.05, 3.63) is 36.2 Å². The molecular formula is C22H25N7O9S. The van der Waals surface area contributed by atoms with Gasteiger partial charge in [-0.3, -0.25) is 23.9 Å². The quantitative estimate of drug-likeness (QED) is 0.139. The van der Waals surface area contributed by atoms with Crippen LogP contribution >= 0.6 is 0 Å². The number of azo groups is 1. The van der Waals surface area contributed by atoms with E-state index in [0.717, 1.165) is 4.90 Å². The number of anilines is 2. The fourth-order valence-electron chi connectivity index (χ4n) is 3.67. The summed E-state index contributed by atoms with van der Waals surface area (Å²) in [6.45, 7) is 0.171. The zero-order chi connectivity index (χ0) is 28.7. The second kappa shape index (κ2) is 12.3. The van der Waals surface area contributed by atoms with E-state index in [9.17, 15) is 33.0 Å². The van der Waals surface area contributed by atoms with Gasteiger partial charge in [-0.15, -0.1) is 10.2 Å². The molecule has 0 aliphatic heterocycles. The maximum atomic E-state index is 11.3. The zero-order valence-electron chi connectivity index (χ0n) is 20.6. The first kappa shape index (κ1) is 28.9. The number of aryl methyl sites for hydroxylation is 2. The molecule has 1 aromatic carbocycles. The number of pyridine rings is 1. The molecule has 0 radical (unpaired) electrons. The Morgan fingerprint density at radius 3 is 2.36 bits per heavy atom. The van der Waals surface area contributed by atoms with E-state index in [0.29, 0.717) is 16.8 Å². The molecular weight excluding hydrogens is 538 g/mol. The molecule has 0 bridgehead atoms. The second-order valence-corrected chi connectivity index (χ2v) is 9.78. The Morgan fingerprint density at radius 1 is 1.05 bits per heavy atom. The molecule has 0 aliphatic rings. The molecule has 16 nitrogen and oxygen atoms in total. The lowest BCUT2D eigenvalue weighted by molar-refractivity contribution is -0.138. The van der Waals surface area contributed by atoms with Gasteiger partial charge < -0.3 is 25.5 Å². The number of aliphatic carboxylic acids is 3. The molecule has 0 spiro atoms. The molecule has 0 atom stereocenters. The maximum Gasteiger partial charge on any atom is 0.323 e. The van der Waals surface area contributed by atoms with E-state index in [1.165, 1.54) is 23.0 Å². The van der Waals surface area contributed by atoms with Gasteiger partial charge in [0, 0.05) is 18.1 Å². The molecule has 3 rings (SSSR count). The normalized spacial score (nSPS) is 11.6. The molecule has 39 heavy (non-hydrogen) atoms. The van der Waals surface area contributed by atoms with Gasteiger partial charge in [-0.1, -0.05) is 0 Å². The van der Waals surface area contributed by atoms with E-state index in [4.69, 9.17) is 9.66 Å². The highest BCUT2D eigenvalue weighted by Crippen LogP contribution is 2.35. The van der Waals surface area contributed by atoms with Gasteiger partial charge in [0.05, 0.1) is 41.3 Å². The fourth-order valence-corrected chi connectivity index (χ4v) is 4.03. The lowest BCUT2D eigenvalue weighted by Gasteiger charge is -2.22. The van der Waals surface area contributed by atoms with Gasteiger partial charge in [0.15, 0.2) is 11.5 Å². The van der Waals surface area contributed by atoms with Crippen molar-refractivity contribution in [3.63, 3.8) is 0 Å². The number of hydrogen-bond acceptors (Lipinski definition) is 11. The van der Waals surface area contributed by atoms with Crippen LogP contribution in [0.15, 0.2) is 40.7 Å². The van der Waals surface area contributed by atoms with Crippen LogP contribution in [0.1, 0.15) is 12.1 Å². The Hall–Kier alpha value is -4.64. The summed E-state index contributed by atoms with van der Waals surface area (Å²) in [5.74, 6) is -3.96. The zero-order valence-corrected chi connectivity index (χ0v) is 21.4. The third kappa shape index (κ3) is 7.92. The second-order valence-electron chi connectivity index (χ2n) is 8.21. The van der Waals surface area contributed by atoms with Gasteiger partial charge in [0.2, 0.25) is 0 Å². The van der Waals surface area contributed by atoms with Gasteiger partial charge >= 0.3 is 17.9 Å². The average Bonchev–Trinajstić information content (AvgIpc) is 3.13. The van der Waals surface area contributed by atoms with E-state index in [-0.39, 0.29) is 42.2 Å². The van der Waals surface area contributed by atoms with Crippen LogP contribution in [0.2, 0.25) is 0 Å². The monoisotopic (exact) mass is 563 g/mol. The van der Waals surface area contributed by atoms with Crippen molar-refractivity contribution in [1.82, 2.24) is 14.8 Å². The number of benzene rings is 1. The number of nitrogens with zero attached hydrogens (tertiary/aromatic N) is 6. The standard InChI is InChI=1S/C22H25N7O9S/c1-13-20(22(24-8-10-39(36,37)38)29(27-13)9-6-17(30)31)26-25-15-4-5-16(21-14(15)3-2-7-23-21)28(11-18(32)33)12-19(34)35/h2-5,7,24H,6,8-12H2,1H3,(H,30,31)(H,32,33)(H,34,35)(H,36,37,38). The number of aromatic nitrogens is 3. The maximum absolute atomic E-state index is 11.3. The molecule has 17 heteroatoms. The highest BCUT2D eigenvalue weighted by Gasteiger charge is 2.20. The third-order valence-electron chi connectivity index (χ3n) is 5.26. The Kier molecular flexibility index (Phi) is 9.10. The van der Waals surface area contributed by atoms with Crippen LogP contribution in [0, 0.1) is 6.92 Å². The minimum Gasteiger partial charge on any atom is -0.481 e. The van der Waals surface area contributed by atoms with Gasteiger partial charge in [-0.25, -0.2) is 4.68 Å². The first-order chi connectivity index (χ1) is 18.4. The first-order valence-electron chi connectivity index (χ1n) is 11.3. The molecule has 0 amide bonds. The number of carboxylic acids is 3. The van der Waals surface area contributed by atoms with Crippen LogP contribution in [-0.4, -0.2) is 86.3 Å². The Morgan fingerprint density at radius 2 is 1.74 bits per heavy atom. The lowest BCUT2D eigenvalue weighted by Crippen LogP contribution is -2.34. The van der Waals surface area contributed by atoms with Gasteiger partial charge in [-0.05, 0) is 31.2 Å². The molecule has 0 aliphatic carbocycles. The minimum atomic E-state index is -4.27. The van der Waals surface area contributed by atoms with E-state index >= 15 is 0 Å². The summed E-state index contributed by atoms with van der Waals surface area (Å²) in [5, 5.41) is 43.6. The summed E-state index contributed by atoms with van der Waals surface area (Å²) < 4.78 is 32.6. The highest BCUT2D eigenvalue weighted by atomic mass is 32.2. The van der Waals surface area contributed by atoms with E-state index < -0.39 is 46.9 Å². The molecule has 0 unspecified atom stereocenters. The molecule has 0 saturated carbocycles. The van der Waals surface area contributed by atoms with Crippen molar-refractivity contribution in [3.8, 4) is 0 Å². The van der Waals surface area contributed by atoms with Crippen molar-refractivity contribution in [2.24, 2.45) is 10.2 Å². The number of fused-ring (bicyclic) bond motifs is 1. The summed E-state index contributed by atoms with van der Waals surface area (Å²) in [4.78, 5) is 39.1. The van der Waals surface area contributed by atoms with Crippen molar-refractivity contribution >= 4 is 61.8 Å². The summed E-state index contributed by atoms with van der Waals surface area (Å²) in [5.41, 5.74) is 1.40. The number of hydrogen-bond donors (Lipinski definition) is 5. The summed E-state index contributed by atoms with van der Waals surface area (Å²) in [6.07, 6.45) is 1.19. The van der Waals surface area contributed by atoms with Gasteiger partial charge in [0.25, 0.3) is 10.1 Å². The largest absolute Gasteiger partial charge is 0.481 e. The topological polar surface area (TPSA) is 237 Å². The minimum absolute atomic E-state index is 0.0512. The number of carbonyl (C=O) groups is 3. The van der Waals surface area contributed by atoms with Gasteiger partial charge in [0.1, 0.15) is 13.1 Å². The van der Waals surface area contributed by atoms with Crippen LogP contribution in [0.5, 0.6) is 0 Å². The van der Waals surface area contributed by atoms with Crippen LogP contribution in [0.3, 0.4) is 0 Å².